The van der Waals surface area contributed by atoms with Crippen LogP contribution in [0.15, 0.2) is 46.3 Å². The summed E-state index contributed by atoms with van der Waals surface area (Å²) in [6, 6.07) is 8.45. The van der Waals surface area contributed by atoms with Crippen LogP contribution in [0.3, 0.4) is 0 Å². The van der Waals surface area contributed by atoms with Gasteiger partial charge in [-0.05, 0) is 23.8 Å². The highest BCUT2D eigenvalue weighted by molar-refractivity contribution is 6.42. The third-order valence-electron chi connectivity index (χ3n) is 3.96. The summed E-state index contributed by atoms with van der Waals surface area (Å²) in [5.41, 5.74) is -0.115. The van der Waals surface area contributed by atoms with Crippen LogP contribution in [0.25, 0.3) is 11.0 Å². The first-order chi connectivity index (χ1) is 13.7. The van der Waals surface area contributed by atoms with E-state index in [4.69, 9.17) is 23.2 Å². The maximum Gasteiger partial charge on any atom is 0.276 e. The van der Waals surface area contributed by atoms with Gasteiger partial charge in [0.2, 0.25) is 0 Å². The van der Waals surface area contributed by atoms with Gasteiger partial charge in [0.25, 0.3) is 11.2 Å². The van der Waals surface area contributed by atoms with E-state index in [0.717, 1.165) is 0 Å². The molecule has 11 heteroatoms. The molecule has 2 N–H and O–H groups in total. The Hall–Kier alpha value is -3.01. The van der Waals surface area contributed by atoms with Gasteiger partial charge in [0.15, 0.2) is 5.69 Å². The van der Waals surface area contributed by atoms with E-state index in [9.17, 15) is 20.0 Å². The minimum atomic E-state index is -1.32. The van der Waals surface area contributed by atoms with Crippen molar-refractivity contribution < 1.29 is 10.0 Å². The van der Waals surface area contributed by atoms with Crippen molar-refractivity contribution >= 4 is 45.6 Å². The number of benzene rings is 2. The number of hydrogen-bond acceptors (Lipinski definition) is 7. The highest BCUT2D eigenvalue weighted by atomic mass is 35.5. The van der Waals surface area contributed by atoms with Crippen molar-refractivity contribution in [3.8, 4) is 0 Å². The molecule has 2 aromatic carbocycles. The molecule has 0 saturated carbocycles. The van der Waals surface area contributed by atoms with E-state index < -0.39 is 16.6 Å². The van der Waals surface area contributed by atoms with Gasteiger partial charge >= 0.3 is 0 Å². The van der Waals surface area contributed by atoms with Crippen molar-refractivity contribution in [1.29, 1.82) is 0 Å². The second-order valence-electron chi connectivity index (χ2n) is 6.28. The number of aromatic amines is 1. The van der Waals surface area contributed by atoms with E-state index in [2.05, 4.69) is 15.1 Å². The van der Waals surface area contributed by atoms with Crippen LogP contribution in [0, 0.1) is 10.1 Å². The van der Waals surface area contributed by atoms with Crippen LogP contribution >= 0.6 is 23.2 Å². The summed E-state index contributed by atoms with van der Waals surface area (Å²) < 4.78 is 0. The molecule has 1 atom stereocenters. The zero-order valence-corrected chi connectivity index (χ0v) is 16.8. The highest BCUT2D eigenvalue weighted by Gasteiger charge is 2.24. The lowest BCUT2D eigenvalue weighted by Gasteiger charge is -2.17. The van der Waals surface area contributed by atoms with Crippen molar-refractivity contribution in [3.05, 3.63) is 78.2 Å². The normalized spacial score (nSPS) is 12.8. The molecule has 29 heavy (non-hydrogen) atoms. The predicted molar refractivity (Wildman–Crippen MR) is 111 cm³/mol. The Kier molecular flexibility index (Phi) is 5.83. The lowest BCUT2D eigenvalue weighted by atomic mass is 10.0. The molecule has 3 aromatic rings. The number of aromatic nitrogens is 2. The summed E-state index contributed by atoms with van der Waals surface area (Å²) in [5.74, 6) is 0. The molecule has 3 rings (SSSR count). The van der Waals surface area contributed by atoms with Crippen LogP contribution in [0.5, 0.6) is 0 Å². The van der Waals surface area contributed by atoms with Gasteiger partial charge in [-0.15, -0.1) is 0 Å². The van der Waals surface area contributed by atoms with Crippen molar-refractivity contribution in [2.75, 3.05) is 14.1 Å². The van der Waals surface area contributed by atoms with E-state index >= 15 is 0 Å². The number of nitrogens with zero attached hydrogens (tertiary/aromatic N) is 4. The molecule has 0 aliphatic heterocycles. The number of non-ortho nitro benzene ring substituents is 1. The van der Waals surface area contributed by atoms with Gasteiger partial charge in [0, 0.05) is 26.2 Å². The second kappa shape index (κ2) is 8.16. The maximum atomic E-state index is 12.6. The number of hydrogen-bond donors (Lipinski definition) is 2. The molecule has 1 heterocycles. The Morgan fingerprint density at radius 2 is 1.97 bits per heavy atom. The lowest BCUT2D eigenvalue weighted by Crippen LogP contribution is -2.27. The van der Waals surface area contributed by atoms with Crippen molar-refractivity contribution in [2.45, 2.75) is 6.10 Å². The van der Waals surface area contributed by atoms with E-state index in [-0.39, 0.29) is 27.6 Å². The summed E-state index contributed by atoms with van der Waals surface area (Å²) in [4.78, 5) is 29.8. The van der Waals surface area contributed by atoms with E-state index in [1.807, 2.05) is 0 Å². The van der Waals surface area contributed by atoms with Gasteiger partial charge in [-0.3, -0.25) is 14.9 Å². The Morgan fingerprint density at radius 3 is 2.59 bits per heavy atom. The fourth-order valence-corrected chi connectivity index (χ4v) is 2.96. The van der Waals surface area contributed by atoms with Crippen LogP contribution in [0.2, 0.25) is 10.0 Å². The van der Waals surface area contributed by atoms with E-state index in [1.54, 1.807) is 20.2 Å². The zero-order chi connectivity index (χ0) is 21.3. The fraction of sp³-hybridized carbons (Fsp3) is 0.167. The monoisotopic (exact) mass is 435 g/mol. The Balaban J connectivity index is 2.16. The number of aliphatic hydroxyl groups is 1. The van der Waals surface area contributed by atoms with Gasteiger partial charge in [-0.1, -0.05) is 29.3 Å². The van der Waals surface area contributed by atoms with Crippen LogP contribution in [0.1, 0.15) is 17.4 Å². The first-order valence-corrected chi connectivity index (χ1v) is 9.00. The molecule has 0 unspecified atom stereocenters. The molecule has 0 amide bonds. The molecule has 150 valence electrons. The topological polar surface area (TPSA) is 125 Å². The molecular weight excluding hydrogens is 421 g/mol. The van der Waals surface area contributed by atoms with Crippen LogP contribution in [-0.2, 0) is 0 Å². The maximum absolute atomic E-state index is 12.6. The summed E-state index contributed by atoms with van der Waals surface area (Å²) in [7, 11) is 3.25. The number of fused-ring (bicyclic) bond motifs is 1. The third kappa shape index (κ3) is 4.37. The Bertz CT molecular complexity index is 1190. The minimum Gasteiger partial charge on any atom is -0.382 e. The zero-order valence-electron chi connectivity index (χ0n) is 15.3. The molecule has 0 bridgehead atoms. The molecule has 1 aromatic heterocycles. The molecule has 0 aliphatic rings. The van der Waals surface area contributed by atoms with Crippen molar-refractivity contribution in [3.63, 3.8) is 0 Å². The summed E-state index contributed by atoms with van der Waals surface area (Å²) in [5, 5.41) is 28.0. The minimum absolute atomic E-state index is 0.0186. The molecule has 0 aliphatic carbocycles. The number of nitro benzene ring substituents is 1. The van der Waals surface area contributed by atoms with E-state index in [1.165, 1.54) is 35.3 Å². The number of hydrazone groups is 1. The van der Waals surface area contributed by atoms with Gasteiger partial charge < -0.3 is 15.1 Å². The first kappa shape index (κ1) is 20.7. The van der Waals surface area contributed by atoms with Crippen molar-refractivity contribution in [2.24, 2.45) is 5.10 Å². The molecular formula is C18H15Cl2N5O4. The Morgan fingerprint density at radius 1 is 1.24 bits per heavy atom. The van der Waals surface area contributed by atoms with Gasteiger partial charge in [-0.25, -0.2) is 4.98 Å². The average Bonchev–Trinajstić information content (AvgIpc) is 2.66. The number of nitrogens with one attached hydrogen (secondary N) is 1. The third-order valence-corrected chi connectivity index (χ3v) is 4.69. The number of nitro groups is 1. The molecule has 0 fully saturated rings. The first-order valence-electron chi connectivity index (χ1n) is 8.25. The van der Waals surface area contributed by atoms with Gasteiger partial charge in [0.05, 0.1) is 26.0 Å². The van der Waals surface area contributed by atoms with Crippen LogP contribution in [-0.4, -0.2) is 44.8 Å². The lowest BCUT2D eigenvalue weighted by molar-refractivity contribution is -0.384. The SMILES string of the molecule is CN(C)/N=C(\c1nc2ccc([N+](=O)[O-])cc2[nH]c1=O)[C@H](O)c1ccc(Cl)c(Cl)c1. The number of rotatable bonds is 5. The van der Waals surface area contributed by atoms with Crippen LogP contribution in [0.4, 0.5) is 5.69 Å². The summed E-state index contributed by atoms with van der Waals surface area (Å²) >= 11 is 12.0. The van der Waals surface area contributed by atoms with Gasteiger partial charge in [-0.2, -0.15) is 5.10 Å². The standard InChI is InChI=1S/C18H15Cl2N5O4/c1-24(2)23-15(17(26)9-3-5-11(19)12(20)7-9)16-18(27)22-14-8-10(25(28)29)4-6-13(14)21-16/h3-8,17,26H,1-2H3,(H,22,27)/b23-15+/t17-/m1/s1. The molecule has 0 spiro atoms. The number of halogens is 2. The highest BCUT2D eigenvalue weighted by Crippen LogP contribution is 2.27. The summed E-state index contributed by atoms with van der Waals surface area (Å²) in [6.07, 6.45) is -1.32. The number of aliphatic hydroxyl groups excluding tert-OH is 1. The quantitative estimate of drug-likeness (QED) is 0.360. The largest absolute Gasteiger partial charge is 0.382 e. The Labute approximate surface area is 174 Å². The molecule has 9 nitrogen and oxygen atoms in total. The summed E-state index contributed by atoms with van der Waals surface area (Å²) in [6.45, 7) is 0. The molecule has 0 saturated heterocycles. The second-order valence-corrected chi connectivity index (χ2v) is 7.10. The van der Waals surface area contributed by atoms with Crippen molar-refractivity contribution in [1.82, 2.24) is 15.0 Å². The van der Waals surface area contributed by atoms with Gasteiger partial charge in [0.1, 0.15) is 11.8 Å². The average molecular weight is 436 g/mol. The van der Waals surface area contributed by atoms with Crippen LogP contribution < -0.4 is 5.56 Å². The number of H-pyrrole nitrogens is 1. The van der Waals surface area contributed by atoms with E-state index in [0.29, 0.717) is 16.1 Å². The predicted octanol–water partition coefficient (Wildman–Crippen LogP) is 3.14. The molecule has 0 radical (unpaired) electrons. The fourth-order valence-electron chi connectivity index (χ4n) is 2.65. The smallest absolute Gasteiger partial charge is 0.276 e.